The summed E-state index contributed by atoms with van der Waals surface area (Å²) in [7, 11) is 0. The number of aliphatic hydroxyl groups is 1. The van der Waals surface area contributed by atoms with E-state index in [-0.39, 0.29) is 11.8 Å². The summed E-state index contributed by atoms with van der Waals surface area (Å²) in [6.07, 6.45) is 1.90. The Morgan fingerprint density at radius 3 is 2.88 bits per heavy atom. The molecule has 1 atom stereocenters. The molecule has 0 fully saturated rings. The van der Waals surface area contributed by atoms with Gasteiger partial charge in [0, 0.05) is 6.20 Å². The Bertz CT molecular complexity index is 526. The van der Waals surface area contributed by atoms with E-state index in [4.69, 9.17) is 0 Å². The molecular weight excluding hydrogens is 204 g/mol. The topological polar surface area (TPSA) is 68.9 Å². The van der Waals surface area contributed by atoms with Crippen LogP contribution in [0, 0.1) is 0 Å². The van der Waals surface area contributed by atoms with Crippen LogP contribution in [-0.2, 0) is 6.42 Å². The van der Waals surface area contributed by atoms with Gasteiger partial charge < -0.3 is 15.1 Å². The Labute approximate surface area is 93.0 Å². The molecule has 1 heterocycles. The number of hydrogen-bond donors (Lipinski definition) is 3. The molecule has 84 valence electrons. The molecular formula is C12H14N2O2. The van der Waals surface area contributed by atoms with Crippen molar-refractivity contribution in [2.75, 3.05) is 0 Å². The first-order valence-electron chi connectivity index (χ1n) is 5.20. The van der Waals surface area contributed by atoms with E-state index in [1.54, 1.807) is 13.1 Å². The van der Waals surface area contributed by atoms with Crippen LogP contribution in [0.4, 0.5) is 0 Å². The first kappa shape index (κ1) is 10.7. The van der Waals surface area contributed by atoms with Crippen molar-refractivity contribution in [2.24, 2.45) is 0 Å². The molecule has 0 bridgehead atoms. The van der Waals surface area contributed by atoms with Gasteiger partial charge in [-0.15, -0.1) is 0 Å². The van der Waals surface area contributed by atoms with Gasteiger partial charge >= 0.3 is 5.69 Å². The second-order valence-electron chi connectivity index (χ2n) is 3.91. The Hall–Kier alpha value is -1.81. The molecule has 0 amide bonds. The van der Waals surface area contributed by atoms with Crippen LogP contribution in [0.15, 0.2) is 35.3 Å². The van der Waals surface area contributed by atoms with Gasteiger partial charge in [0.15, 0.2) is 0 Å². The fourth-order valence-electron chi connectivity index (χ4n) is 1.69. The molecule has 16 heavy (non-hydrogen) atoms. The first-order chi connectivity index (χ1) is 7.65. The number of aromatic nitrogens is 2. The zero-order valence-electron chi connectivity index (χ0n) is 9.03. The summed E-state index contributed by atoms with van der Waals surface area (Å²) in [5, 5.41) is 9.31. The number of aromatic amines is 2. The standard InChI is InChI=1S/C12H14N2O2/c1-8(15)5-9-3-2-4-10(6-9)11-7-13-12(16)14-11/h2-4,6-8,15H,5H2,1H3,(H2,13,14,16). The normalized spacial score (nSPS) is 12.6. The lowest BCUT2D eigenvalue weighted by Crippen LogP contribution is -2.04. The van der Waals surface area contributed by atoms with Gasteiger partial charge in [-0.05, 0) is 30.5 Å². The van der Waals surface area contributed by atoms with Gasteiger partial charge in [0.1, 0.15) is 0 Å². The van der Waals surface area contributed by atoms with Crippen molar-refractivity contribution in [1.29, 1.82) is 0 Å². The van der Waals surface area contributed by atoms with E-state index in [0.29, 0.717) is 6.42 Å². The lowest BCUT2D eigenvalue weighted by Gasteiger charge is -2.05. The van der Waals surface area contributed by atoms with Crippen molar-refractivity contribution in [3.8, 4) is 11.3 Å². The van der Waals surface area contributed by atoms with Crippen LogP contribution in [0.2, 0.25) is 0 Å². The minimum absolute atomic E-state index is 0.212. The lowest BCUT2D eigenvalue weighted by atomic mass is 10.0. The number of rotatable bonds is 3. The van der Waals surface area contributed by atoms with E-state index in [0.717, 1.165) is 16.8 Å². The van der Waals surface area contributed by atoms with Crippen molar-refractivity contribution in [1.82, 2.24) is 9.97 Å². The molecule has 0 aliphatic carbocycles. The maximum Gasteiger partial charge on any atom is 0.323 e. The lowest BCUT2D eigenvalue weighted by molar-refractivity contribution is 0.195. The van der Waals surface area contributed by atoms with Crippen LogP contribution in [0.1, 0.15) is 12.5 Å². The van der Waals surface area contributed by atoms with Gasteiger partial charge in [-0.2, -0.15) is 0 Å². The van der Waals surface area contributed by atoms with E-state index in [1.807, 2.05) is 24.3 Å². The van der Waals surface area contributed by atoms with E-state index in [9.17, 15) is 9.90 Å². The first-order valence-corrected chi connectivity index (χ1v) is 5.20. The molecule has 0 aliphatic heterocycles. The molecule has 2 rings (SSSR count). The van der Waals surface area contributed by atoms with Gasteiger partial charge in [-0.3, -0.25) is 0 Å². The quantitative estimate of drug-likeness (QED) is 0.726. The van der Waals surface area contributed by atoms with Gasteiger partial charge in [0.05, 0.1) is 11.8 Å². The highest BCUT2D eigenvalue weighted by Crippen LogP contribution is 2.17. The van der Waals surface area contributed by atoms with E-state index in [1.165, 1.54) is 0 Å². The molecule has 0 aliphatic rings. The fourth-order valence-corrected chi connectivity index (χ4v) is 1.69. The molecule has 0 spiro atoms. The van der Waals surface area contributed by atoms with Crippen molar-refractivity contribution >= 4 is 0 Å². The smallest absolute Gasteiger partial charge is 0.323 e. The van der Waals surface area contributed by atoms with Crippen molar-refractivity contribution in [2.45, 2.75) is 19.4 Å². The van der Waals surface area contributed by atoms with E-state index < -0.39 is 0 Å². The van der Waals surface area contributed by atoms with Crippen LogP contribution >= 0.6 is 0 Å². The minimum atomic E-state index is -0.361. The predicted molar refractivity (Wildman–Crippen MR) is 62.2 cm³/mol. The van der Waals surface area contributed by atoms with Crippen molar-refractivity contribution < 1.29 is 5.11 Å². The van der Waals surface area contributed by atoms with Gasteiger partial charge in [0.2, 0.25) is 0 Å². The average Bonchev–Trinajstić information content (AvgIpc) is 2.64. The minimum Gasteiger partial charge on any atom is -0.393 e. The summed E-state index contributed by atoms with van der Waals surface area (Å²) in [5.41, 5.74) is 2.54. The summed E-state index contributed by atoms with van der Waals surface area (Å²) < 4.78 is 0. The molecule has 0 saturated heterocycles. The summed E-state index contributed by atoms with van der Waals surface area (Å²) in [6, 6.07) is 7.76. The second-order valence-corrected chi connectivity index (χ2v) is 3.91. The second kappa shape index (κ2) is 4.37. The zero-order valence-corrected chi connectivity index (χ0v) is 9.03. The monoisotopic (exact) mass is 218 g/mol. The molecule has 2 aromatic rings. The summed E-state index contributed by atoms with van der Waals surface area (Å²) in [5.74, 6) is 0. The van der Waals surface area contributed by atoms with Crippen molar-refractivity contribution in [3.63, 3.8) is 0 Å². The fraction of sp³-hybridized carbons (Fsp3) is 0.250. The Kier molecular flexibility index (Phi) is 2.92. The number of nitrogens with one attached hydrogen (secondary N) is 2. The van der Waals surface area contributed by atoms with Gasteiger partial charge in [-0.25, -0.2) is 4.79 Å². The van der Waals surface area contributed by atoms with Crippen LogP contribution in [0.3, 0.4) is 0 Å². The highest BCUT2D eigenvalue weighted by Gasteiger charge is 2.03. The third-order valence-corrected chi connectivity index (χ3v) is 2.36. The van der Waals surface area contributed by atoms with Crippen LogP contribution in [0.25, 0.3) is 11.3 Å². The maximum atomic E-state index is 11.0. The molecule has 0 radical (unpaired) electrons. The van der Waals surface area contributed by atoms with Crippen LogP contribution in [-0.4, -0.2) is 21.2 Å². The number of imidazole rings is 1. The Morgan fingerprint density at radius 2 is 2.25 bits per heavy atom. The zero-order chi connectivity index (χ0) is 11.5. The SMILES string of the molecule is CC(O)Cc1cccc(-c2c[nH]c(=O)[nH]2)c1. The predicted octanol–water partition coefficient (Wildman–Crippen LogP) is 1.29. The molecule has 1 aromatic heterocycles. The number of benzene rings is 1. The van der Waals surface area contributed by atoms with Crippen LogP contribution in [0.5, 0.6) is 0 Å². The largest absolute Gasteiger partial charge is 0.393 e. The molecule has 4 heteroatoms. The molecule has 4 nitrogen and oxygen atoms in total. The summed E-state index contributed by atoms with van der Waals surface area (Å²) >= 11 is 0. The molecule has 1 aromatic carbocycles. The molecule has 0 saturated carbocycles. The Balaban J connectivity index is 2.32. The number of aliphatic hydroxyl groups excluding tert-OH is 1. The average molecular weight is 218 g/mol. The third-order valence-electron chi connectivity index (χ3n) is 2.36. The highest BCUT2D eigenvalue weighted by atomic mass is 16.3. The number of hydrogen-bond acceptors (Lipinski definition) is 2. The van der Waals surface area contributed by atoms with Gasteiger partial charge in [0.25, 0.3) is 0 Å². The maximum absolute atomic E-state index is 11.0. The molecule has 1 unspecified atom stereocenters. The summed E-state index contributed by atoms with van der Waals surface area (Å²) in [6.45, 7) is 1.75. The summed E-state index contributed by atoms with van der Waals surface area (Å²) in [4.78, 5) is 16.2. The molecule has 3 N–H and O–H groups in total. The van der Waals surface area contributed by atoms with Crippen LogP contribution < -0.4 is 5.69 Å². The number of H-pyrrole nitrogens is 2. The third kappa shape index (κ3) is 2.41. The van der Waals surface area contributed by atoms with E-state index >= 15 is 0 Å². The van der Waals surface area contributed by atoms with Gasteiger partial charge in [-0.1, -0.05) is 18.2 Å². The Morgan fingerprint density at radius 1 is 1.44 bits per heavy atom. The van der Waals surface area contributed by atoms with E-state index in [2.05, 4.69) is 9.97 Å². The highest BCUT2D eigenvalue weighted by molar-refractivity contribution is 5.58. The van der Waals surface area contributed by atoms with Crippen molar-refractivity contribution in [3.05, 3.63) is 46.5 Å².